The number of piperidine rings is 1. The van der Waals surface area contributed by atoms with Crippen LogP contribution in [0.4, 0.5) is 0 Å². The van der Waals surface area contributed by atoms with Crippen molar-refractivity contribution in [3.63, 3.8) is 0 Å². The number of carbonyl (C=O) groups excluding carboxylic acids is 2. The van der Waals surface area contributed by atoms with E-state index in [9.17, 15) is 9.59 Å². The van der Waals surface area contributed by atoms with Crippen molar-refractivity contribution in [2.75, 3.05) is 20.2 Å². The molecule has 3 atom stereocenters. The Morgan fingerprint density at radius 3 is 2.50 bits per heavy atom. The van der Waals surface area contributed by atoms with Gasteiger partial charge in [-0.3, -0.25) is 19.4 Å². The summed E-state index contributed by atoms with van der Waals surface area (Å²) < 4.78 is 6.71. The average molecular weight is 412 g/mol. The molecule has 1 aliphatic heterocycles. The van der Waals surface area contributed by atoms with Gasteiger partial charge in [-0.25, -0.2) is 4.79 Å². The standard InChI is InChI=1S/C22H29N5O3/c1-4-27-14(2)18(10-24-27)13-26-11-16-5-6-17(12-26)20(16)25-21(28)19-8-7-15(9-23-19)22(29)30-3/h7-10,16-17,20H,4-6,11-13H2,1-3H3,(H,25,28)/t16-,17+,20?. The number of amides is 1. The van der Waals surface area contributed by atoms with Crippen LogP contribution in [0.2, 0.25) is 0 Å². The summed E-state index contributed by atoms with van der Waals surface area (Å²) >= 11 is 0. The third-order valence-electron chi connectivity index (χ3n) is 6.52. The summed E-state index contributed by atoms with van der Waals surface area (Å²) in [7, 11) is 1.32. The Labute approximate surface area is 176 Å². The molecule has 2 bridgehead atoms. The number of aryl methyl sites for hydroxylation is 1. The second-order valence-electron chi connectivity index (χ2n) is 8.29. The van der Waals surface area contributed by atoms with Gasteiger partial charge in [0.15, 0.2) is 0 Å². The van der Waals surface area contributed by atoms with E-state index >= 15 is 0 Å². The zero-order valence-electron chi connectivity index (χ0n) is 17.8. The van der Waals surface area contributed by atoms with Crippen LogP contribution in [0.15, 0.2) is 24.5 Å². The molecule has 1 amide bonds. The van der Waals surface area contributed by atoms with Gasteiger partial charge in [0, 0.05) is 49.7 Å². The van der Waals surface area contributed by atoms with Gasteiger partial charge in [0.25, 0.3) is 5.91 Å². The average Bonchev–Trinajstić information content (AvgIpc) is 3.22. The minimum absolute atomic E-state index is 0.176. The number of hydrogen-bond donors (Lipinski definition) is 1. The molecular weight excluding hydrogens is 382 g/mol. The van der Waals surface area contributed by atoms with Crippen molar-refractivity contribution in [3.05, 3.63) is 47.0 Å². The predicted molar refractivity (Wildman–Crippen MR) is 111 cm³/mol. The summed E-state index contributed by atoms with van der Waals surface area (Å²) in [4.78, 5) is 30.9. The van der Waals surface area contributed by atoms with Crippen molar-refractivity contribution < 1.29 is 14.3 Å². The molecule has 3 heterocycles. The molecule has 4 rings (SSSR count). The van der Waals surface area contributed by atoms with E-state index in [0.29, 0.717) is 23.1 Å². The topological polar surface area (TPSA) is 89.4 Å². The van der Waals surface area contributed by atoms with Crippen LogP contribution in [-0.2, 0) is 17.8 Å². The first-order valence-electron chi connectivity index (χ1n) is 10.6. The molecule has 8 nitrogen and oxygen atoms in total. The van der Waals surface area contributed by atoms with E-state index in [2.05, 4.69) is 38.9 Å². The first-order chi connectivity index (χ1) is 14.5. The number of carbonyl (C=O) groups is 2. The number of pyridine rings is 1. The number of rotatable bonds is 6. The normalized spacial score (nSPS) is 23.4. The molecule has 8 heteroatoms. The number of fused-ring (bicyclic) bond motifs is 2. The van der Waals surface area contributed by atoms with Crippen LogP contribution >= 0.6 is 0 Å². The molecule has 30 heavy (non-hydrogen) atoms. The largest absolute Gasteiger partial charge is 0.465 e. The van der Waals surface area contributed by atoms with Gasteiger partial charge in [0.1, 0.15) is 5.69 Å². The first-order valence-corrected chi connectivity index (χ1v) is 10.6. The smallest absolute Gasteiger partial charge is 0.339 e. The highest BCUT2D eigenvalue weighted by molar-refractivity contribution is 5.94. The molecule has 2 aromatic heterocycles. The quantitative estimate of drug-likeness (QED) is 0.732. The van der Waals surface area contributed by atoms with Crippen LogP contribution in [-0.4, -0.2) is 57.8 Å². The van der Waals surface area contributed by atoms with Crippen LogP contribution in [0.1, 0.15) is 51.9 Å². The Hall–Kier alpha value is -2.74. The molecule has 0 radical (unpaired) electrons. The van der Waals surface area contributed by atoms with Crippen LogP contribution < -0.4 is 5.32 Å². The zero-order chi connectivity index (χ0) is 21.3. The van der Waals surface area contributed by atoms with Crippen molar-refractivity contribution in [1.29, 1.82) is 0 Å². The first kappa shape index (κ1) is 20.5. The maximum Gasteiger partial charge on any atom is 0.339 e. The molecule has 1 saturated heterocycles. The minimum atomic E-state index is -0.459. The zero-order valence-corrected chi connectivity index (χ0v) is 17.8. The Morgan fingerprint density at radius 2 is 1.93 bits per heavy atom. The summed E-state index contributed by atoms with van der Waals surface area (Å²) in [5.74, 6) is 0.258. The highest BCUT2D eigenvalue weighted by atomic mass is 16.5. The lowest BCUT2D eigenvalue weighted by Gasteiger charge is -2.38. The molecule has 1 aliphatic carbocycles. The lowest BCUT2D eigenvalue weighted by molar-refractivity contribution is 0.0599. The molecule has 2 fully saturated rings. The molecule has 0 aromatic carbocycles. The van der Waals surface area contributed by atoms with Crippen molar-refractivity contribution in [2.45, 2.75) is 45.8 Å². The summed E-state index contributed by atoms with van der Waals surface area (Å²) in [6.45, 7) is 8.00. The molecule has 1 unspecified atom stereocenters. The third-order valence-corrected chi connectivity index (χ3v) is 6.52. The lowest BCUT2D eigenvalue weighted by atomic mass is 9.91. The van der Waals surface area contributed by atoms with Gasteiger partial charge in [0.05, 0.1) is 18.9 Å². The monoisotopic (exact) mass is 411 g/mol. The van der Waals surface area contributed by atoms with Crippen molar-refractivity contribution >= 4 is 11.9 Å². The SMILES string of the molecule is CCn1ncc(CN2C[C@H]3CC[C@@H](C2)C3NC(=O)c2ccc(C(=O)OC)cn2)c1C. The Morgan fingerprint density at radius 1 is 1.20 bits per heavy atom. The second-order valence-corrected chi connectivity index (χ2v) is 8.29. The number of nitrogens with zero attached hydrogens (tertiary/aromatic N) is 4. The Kier molecular flexibility index (Phi) is 5.85. The van der Waals surface area contributed by atoms with E-state index < -0.39 is 5.97 Å². The lowest BCUT2D eigenvalue weighted by Crippen LogP contribution is -2.52. The molecule has 2 aliphatic rings. The number of aromatic nitrogens is 3. The van der Waals surface area contributed by atoms with Crippen molar-refractivity contribution in [3.8, 4) is 0 Å². The van der Waals surface area contributed by atoms with Gasteiger partial charge in [-0.05, 0) is 50.7 Å². The van der Waals surface area contributed by atoms with Gasteiger partial charge < -0.3 is 10.1 Å². The van der Waals surface area contributed by atoms with E-state index in [1.807, 2.05) is 10.9 Å². The fraction of sp³-hybridized carbons (Fsp3) is 0.545. The van der Waals surface area contributed by atoms with Crippen molar-refractivity contribution in [1.82, 2.24) is 25.0 Å². The van der Waals surface area contributed by atoms with Crippen LogP contribution in [0.3, 0.4) is 0 Å². The number of methoxy groups -OCH3 is 1. The maximum atomic E-state index is 12.7. The fourth-order valence-electron chi connectivity index (χ4n) is 4.88. The summed E-state index contributed by atoms with van der Waals surface area (Å²) in [6.07, 6.45) is 5.64. The van der Waals surface area contributed by atoms with Gasteiger partial charge in [-0.15, -0.1) is 0 Å². The number of ether oxygens (including phenoxy) is 1. The Balaban J connectivity index is 1.37. The number of nitrogens with one attached hydrogen (secondary N) is 1. The van der Waals surface area contributed by atoms with Gasteiger partial charge in [-0.2, -0.15) is 5.10 Å². The van der Waals surface area contributed by atoms with Gasteiger partial charge >= 0.3 is 5.97 Å². The highest BCUT2D eigenvalue weighted by Crippen LogP contribution is 2.37. The maximum absolute atomic E-state index is 12.7. The minimum Gasteiger partial charge on any atom is -0.465 e. The van der Waals surface area contributed by atoms with E-state index in [0.717, 1.165) is 39.0 Å². The summed E-state index contributed by atoms with van der Waals surface area (Å²) in [5, 5.41) is 7.67. The molecule has 1 N–H and O–H groups in total. The summed E-state index contributed by atoms with van der Waals surface area (Å²) in [6, 6.07) is 3.33. The third kappa shape index (κ3) is 3.96. The molecule has 160 valence electrons. The van der Waals surface area contributed by atoms with Crippen molar-refractivity contribution in [2.24, 2.45) is 11.8 Å². The van der Waals surface area contributed by atoms with Gasteiger partial charge in [-0.1, -0.05) is 0 Å². The molecule has 1 saturated carbocycles. The molecular formula is C22H29N5O3. The van der Waals surface area contributed by atoms with E-state index in [4.69, 9.17) is 0 Å². The highest BCUT2D eigenvalue weighted by Gasteiger charge is 2.42. The molecule has 2 aromatic rings. The predicted octanol–water partition coefficient (Wildman–Crippen LogP) is 2.03. The number of likely N-dealkylation sites (tertiary alicyclic amines) is 1. The fourth-order valence-corrected chi connectivity index (χ4v) is 4.88. The molecule has 0 spiro atoms. The Bertz CT molecular complexity index is 909. The van der Waals surface area contributed by atoms with E-state index in [1.165, 1.54) is 24.6 Å². The summed E-state index contributed by atoms with van der Waals surface area (Å²) in [5.41, 5.74) is 3.19. The van der Waals surface area contributed by atoms with Crippen LogP contribution in [0.5, 0.6) is 0 Å². The van der Waals surface area contributed by atoms with Crippen LogP contribution in [0.25, 0.3) is 0 Å². The number of hydrogen-bond acceptors (Lipinski definition) is 6. The number of esters is 1. The van der Waals surface area contributed by atoms with Gasteiger partial charge in [0.2, 0.25) is 0 Å². The second kappa shape index (κ2) is 8.55. The van der Waals surface area contributed by atoms with E-state index in [1.54, 1.807) is 12.1 Å². The van der Waals surface area contributed by atoms with Crippen LogP contribution in [0, 0.1) is 18.8 Å². The van der Waals surface area contributed by atoms with E-state index in [-0.39, 0.29) is 11.9 Å².